The number of hydrogen-bond acceptors (Lipinski definition) is 3. The van der Waals surface area contributed by atoms with Gasteiger partial charge >= 0.3 is 0 Å². The summed E-state index contributed by atoms with van der Waals surface area (Å²) in [4.78, 5) is 23.7. The molecule has 98 valence electrons. The summed E-state index contributed by atoms with van der Waals surface area (Å²) in [5.74, 6) is -0.0884. The van der Waals surface area contributed by atoms with Gasteiger partial charge in [0.25, 0.3) is 0 Å². The zero-order valence-electron chi connectivity index (χ0n) is 10.9. The Hall–Kier alpha value is -1.68. The monoisotopic (exact) mass is 248 g/mol. The molecule has 1 N–H and O–H groups in total. The number of amides is 1. The minimum absolute atomic E-state index is 0.0884. The smallest absolute Gasteiger partial charge is 0.221 e. The highest BCUT2D eigenvalue weighted by atomic mass is 16.2. The molecule has 1 rings (SSSR count). The summed E-state index contributed by atoms with van der Waals surface area (Å²) in [5, 5.41) is 2.55. The third-order valence-electron chi connectivity index (χ3n) is 2.89. The minimum atomic E-state index is -0.0884. The molecular weight excluding hydrogens is 228 g/mol. The normalized spacial score (nSPS) is 12.2. The van der Waals surface area contributed by atoms with Gasteiger partial charge in [-0.25, -0.2) is 0 Å². The lowest BCUT2D eigenvalue weighted by atomic mass is 10.1. The molecule has 0 saturated carbocycles. The van der Waals surface area contributed by atoms with Gasteiger partial charge in [0.15, 0.2) is 0 Å². The highest BCUT2D eigenvalue weighted by molar-refractivity contribution is 5.78. The highest BCUT2D eigenvalue weighted by Crippen LogP contribution is 2.08. The molecule has 0 radical (unpaired) electrons. The second kappa shape index (κ2) is 7.61. The maximum absolute atomic E-state index is 11.5. The number of aldehydes is 1. The predicted molar refractivity (Wildman–Crippen MR) is 71.1 cm³/mol. The molecule has 0 fully saturated rings. The van der Waals surface area contributed by atoms with Gasteiger partial charge in [0, 0.05) is 19.0 Å². The van der Waals surface area contributed by atoms with E-state index in [0.29, 0.717) is 12.7 Å². The zero-order valence-corrected chi connectivity index (χ0v) is 10.9. The first-order valence-electron chi connectivity index (χ1n) is 6.08. The molecule has 4 heteroatoms. The van der Waals surface area contributed by atoms with Gasteiger partial charge in [0.2, 0.25) is 5.91 Å². The van der Waals surface area contributed by atoms with E-state index < -0.39 is 0 Å². The van der Waals surface area contributed by atoms with Crippen molar-refractivity contribution in [2.24, 2.45) is 0 Å². The van der Waals surface area contributed by atoms with Crippen LogP contribution in [0.5, 0.6) is 0 Å². The molecule has 0 spiro atoms. The summed E-state index contributed by atoms with van der Waals surface area (Å²) in [5.41, 5.74) is 1.22. The van der Waals surface area contributed by atoms with Crippen LogP contribution in [0.15, 0.2) is 30.3 Å². The lowest BCUT2D eigenvalue weighted by Crippen LogP contribution is -2.35. The van der Waals surface area contributed by atoms with Crippen molar-refractivity contribution < 1.29 is 9.59 Å². The van der Waals surface area contributed by atoms with Crippen LogP contribution in [0.2, 0.25) is 0 Å². The molecule has 0 saturated heterocycles. The molecule has 1 aromatic carbocycles. The first-order valence-corrected chi connectivity index (χ1v) is 6.08. The van der Waals surface area contributed by atoms with Crippen molar-refractivity contribution in [3.8, 4) is 0 Å². The average molecular weight is 248 g/mol. The van der Waals surface area contributed by atoms with E-state index in [-0.39, 0.29) is 18.5 Å². The standard InChI is InChI=1S/C14H20N2O2/c1-12(10-14(18)15-8-9-17)16(2)11-13-6-4-3-5-7-13/h3-7,9,12H,8,10-11H2,1-2H3,(H,15,18). The van der Waals surface area contributed by atoms with E-state index in [9.17, 15) is 9.59 Å². The Bertz CT molecular complexity index is 379. The van der Waals surface area contributed by atoms with E-state index in [1.54, 1.807) is 0 Å². The minimum Gasteiger partial charge on any atom is -0.349 e. The number of nitrogens with one attached hydrogen (secondary N) is 1. The van der Waals surface area contributed by atoms with Gasteiger partial charge in [-0.15, -0.1) is 0 Å². The fraction of sp³-hybridized carbons (Fsp3) is 0.429. The molecule has 1 atom stereocenters. The van der Waals surface area contributed by atoms with Gasteiger partial charge in [0.1, 0.15) is 6.29 Å². The lowest BCUT2D eigenvalue weighted by molar-refractivity contribution is -0.123. The number of nitrogens with zero attached hydrogens (tertiary/aromatic N) is 1. The molecule has 0 aliphatic carbocycles. The van der Waals surface area contributed by atoms with Crippen LogP contribution >= 0.6 is 0 Å². The number of carbonyl (C=O) groups is 2. The van der Waals surface area contributed by atoms with Gasteiger partial charge in [-0.3, -0.25) is 9.69 Å². The van der Waals surface area contributed by atoms with Crippen LogP contribution in [-0.4, -0.2) is 36.7 Å². The van der Waals surface area contributed by atoms with Crippen LogP contribution in [0.4, 0.5) is 0 Å². The van der Waals surface area contributed by atoms with Crippen molar-refractivity contribution in [2.75, 3.05) is 13.6 Å². The Kier molecular flexibility index (Phi) is 6.08. The number of benzene rings is 1. The summed E-state index contributed by atoms with van der Waals surface area (Å²) in [6.45, 7) is 2.90. The van der Waals surface area contributed by atoms with Crippen LogP contribution in [0, 0.1) is 0 Å². The van der Waals surface area contributed by atoms with Gasteiger partial charge in [-0.05, 0) is 19.5 Å². The summed E-state index contributed by atoms with van der Waals surface area (Å²) < 4.78 is 0. The number of carbonyl (C=O) groups excluding carboxylic acids is 2. The molecule has 0 aliphatic heterocycles. The van der Waals surface area contributed by atoms with E-state index in [4.69, 9.17) is 0 Å². The third-order valence-corrected chi connectivity index (χ3v) is 2.89. The molecule has 1 aromatic rings. The van der Waals surface area contributed by atoms with E-state index >= 15 is 0 Å². The van der Waals surface area contributed by atoms with E-state index in [1.807, 2.05) is 32.2 Å². The molecule has 1 unspecified atom stereocenters. The van der Waals surface area contributed by atoms with Crippen molar-refractivity contribution in [3.63, 3.8) is 0 Å². The maximum atomic E-state index is 11.5. The lowest BCUT2D eigenvalue weighted by Gasteiger charge is -2.24. The number of rotatable bonds is 7. The molecule has 0 aliphatic rings. The van der Waals surface area contributed by atoms with Crippen molar-refractivity contribution >= 4 is 12.2 Å². The third kappa shape index (κ3) is 5.10. The van der Waals surface area contributed by atoms with Crippen molar-refractivity contribution in [1.29, 1.82) is 0 Å². The van der Waals surface area contributed by atoms with Crippen molar-refractivity contribution in [2.45, 2.75) is 25.9 Å². The van der Waals surface area contributed by atoms with Gasteiger partial charge in [0.05, 0.1) is 6.54 Å². The van der Waals surface area contributed by atoms with Gasteiger partial charge in [-0.2, -0.15) is 0 Å². The highest BCUT2D eigenvalue weighted by Gasteiger charge is 2.13. The zero-order chi connectivity index (χ0) is 13.4. The van der Waals surface area contributed by atoms with Crippen LogP contribution in [0.1, 0.15) is 18.9 Å². The molecule has 1 amide bonds. The summed E-state index contributed by atoms with van der Waals surface area (Å²) in [6, 6.07) is 10.3. The van der Waals surface area contributed by atoms with Crippen LogP contribution in [0.3, 0.4) is 0 Å². The second-order valence-electron chi connectivity index (χ2n) is 4.42. The molecule has 0 aromatic heterocycles. The average Bonchev–Trinajstić information content (AvgIpc) is 2.37. The molecule has 0 heterocycles. The van der Waals surface area contributed by atoms with E-state index in [2.05, 4.69) is 22.3 Å². The summed E-state index contributed by atoms with van der Waals surface area (Å²) in [7, 11) is 1.99. The summed E-state index contributed by atoms with van der Waals surface area (Å²) in [6.07, 6.45) is 1.09. The second-order valence-corrected chi connectivity index (χ2v) is 4.42. The largest absolute Gasteiger partial charge is 0.349 e. The van der Waals surface area contributed by atoms with Crippen molar-refractivity contribution in [1.82, 2.24) is 10.2 Å². The van der Waals surface area contributed by atoms with Gasteiger partial charge in [-0.1, -0.05) is 30.3 Å². The maximum Gasteiger partial charge on any atom is 0.221 e. The van der Waals surface area contributed by atoms with E-state index in [0.717, 1.165) is 6.54 Å². The van der Waals surface area contributed by atoms with E-state index in [1.165, 1.54) is 5.56 Å². The van der Waals surface area contributed by atoms with Crippen LogP contribution in [0.25, 0.3) is 0 Å². The fourth-order valence-electron chi connectivity index (χ4n) is 1.68. The molecule has 4 nitrogen and oxygen atoms in total. The van der Waals surface area contributed by atoms with Crippen molar-refractivity contribution in [3.05, 3.63) is 35.9 Å². The Morgan fingerprint density at radius 2 is 2.06 bits per heavy atom. The number of hydrogen-bond donors (Lipinski definition) is 1. The fourth-order valence-corrected chi connectivity index (χ4v) is 1.68. The van der Waals surface area contributed by atoms with Gasteiger partial charge < -0.3 is 10.1 Å². The topological polar surface area (TPSA) is 49.4 Å². The Labute approximate surface area is 108 Å². The molecule has 0 bridgehead atoms. The molecule has 18 heavy (non-hydrogen) atoms. The SMILES string of the molecule is CC(CC(=O)NCC=O)N(C)Cc1ccccc1. The Morgan fingerprint density at radius 1 is 1.39 bits per heavy atom. The Morgan fingerprint density at radius 3 is 2.67 bits per heavy atom. The predicted octanol–water partition coefficient (Wildman–Crippen LogP) is 1.21. The summed E-state index contributed by atoms with van der Waals surface area (Å²) >= 11 is 0. The first kappa shape index (κ1) is 14.4. The van der Waals surface area contributed by atoms with Crippen LogP contribution in [-0.2, 0) is 16.1 Å². The molecular formula is C14H20N2O2. The quantitative estimate of drug-likeness (QED) is 0.738. The van der Waals surface area contributed by atoms with Crippen LogP contribution < -0.4 is 5.32 Å². The first-order chi connectivity index (χ1) is 8.63. The Balaban J connectivity index is 2.39.